The van der Waals surface area contributed by atoms with Gasteiger partial charge in [-0.05, 0) is 52.0 Å². The zero-order valence-corrected chi connectivity index (χ0v) is 13.9. The van der Waals surface area contributed by atoms with E-state index in [2.05, 4.69) is 10.6 Å². The number of carbonyl (C=O) groups is 3. The Morgan fingerprint density at radius 2 is 1.87 bits per heavy atom. The molecule has 0 bridgehead atoms. The van der Waals surface area contributed by atoms with Gasteiger partial charge in [0.2, 0.25) is 5.91 Å². The van der Waals surface area contributed by atoms with Crippen LogP contribution < -0.4 is 10.6 Å². The van der Waals surface area contributed by atoms with Crippen molar-refractivity contribution in [3.05, 3.63) is 0 Å². The Balaban J connectivity index is 1.47. The van der Waals surface area contributed by atoms with E-state index in [1.54, 1.807) is 13.8 Å². The van der Waals surface area contributed by atoms with Crippen LogP contribution in [0.25, 0.3) is 0 Å². The van der Waals surface area contributed by atoms with Crippen LogP contribution in [0, 0.1) is 5.92 Å². The molecule has 2 heterocycles. The molecule has 7 heteroatoms. The minimum atomic E-state index is -0.961. The molecule has 7 nitrogen and oxygen atoms in total. The van der Waals surface area contributed by atoms with E-state index in [-0.39, 0.29) is 18.4 Å². The van der Waals surface area contributed by atoms with E-state index >= 15 is 0 Å². The number of hydrogen-bond donors (Lipinski definition) is 2. The summed E-state index contributed by atoms with van der Waals surface area (Å²) in [5, 5.41) is 5.86. The summed E-state index contributed by atoms with van der Waals surface area (Å²) in [6.07, 6.45) is 4.59. The summed E-state index contributed by atoms with van der Waals surface area (Å²) in [6, 6.07) is 0.0158. The van der Waals surface area contributed by atoms with Crippen LogP contribution in [0.5, 0.6) is 0 Å². The van der Waals surface area contributed by atoms with Crippen molar-refractivity contribution < 1.29 is 14.4 Å². The molecule has 1 saturated carbocycles. The van der Waals surface area contributed by atoms with E-state index in [0.717, 1.165) is 25.3 Å². The van der Waals surface area contributed by atoms with Gasteiger partial charge in [-0.25, -0.2) is 4.79 Å². The fourth-order valence-electron chi connectivity index (χ4n) is 3.19. The van der Waals surface area contributed by atoms with E-state index in [1.165, 1.54) is 17.7 Å². The minimum absolute atomic E-state index is 0.0370. The molecule has 0 spiro atoms. The molecule has 23 heavy (non-hydrogen) atoms. The molecule has 0 aromatic rings. The quantitative estimate of drug-likeness (QED) is 0.714. The number of carbonyl (C=O) groups excluding carboxylic acids is 3. The Bertz CT molecular complexity index is 507. The van der Waals surface area contributed by atoms with Crippen LogP contribution in [0.2, 0.25) is 0 Å². The largest absolute Gasteiger partial charge is 0.341 e. The van der Waals surface area contributed by atoms with Crippen LogP contribution in [0.1, 0.15) is 39.5 Å². The van der Waals surface area contributed by atoms with Crippen LogP contribution >= 0.6 is 0 Å². The molecule has 0 radical (unpaired) electrons. The first kappa shape index (κ1) is 16.2. The highest BCUT2D eigenvalue weighted by Crippen LogP contribution is 2.28. The van der Waals surface area contributed by atoms with Gasteiger partial charge >= 0.3 is 6.03 Å². The van der Waals surface area contributed by atoms with Gasteiger partial charge in [-0.2, -0.15) is 0 Å². The van der Waals surface area contributed by atoms with Gasteiger partial charge < -0.3 is 15.1 Å². The molecule has 4 amide bonds. The van der Waals surface area contributed by atoms with Crippen molar-refractivity contribution in [1.82, 2.24) is 20.4 Å². The second-order valence-corrected chi connectivity index (χ2v) is 7.41. The highest BCUT2D eigenvalue weighted by molar-refractivity contribution is 6.07. The maximum absolute atomic E-state index is 12.4. The molecule has 0 aromatic carbocycles. The summed E-state index contributed by atoms with van der Waals surface area (Å²) in [4.78, 5) is 39.2. The molecular weight excluding hydrogens is 296 g/mol. The summed E-state index contributed by atoms with van der Waals surface area (Å²) >= 11 is 0. The highest BCUT2D eigenvalue weighted by atomic mass is 16.2. The molecule has 0 atom stereocenters. The van der Waals surface area contributed by atoms with E-state index in [4.69, 9.17) is 0 Å². The van der Waals surface area contributed by atoms with E-state index in [1.807, 2.05) is 4.90 Å². The fourth-order valence-corrected chi connectivity index (χ4v) is 3.19. The summed E-state index contributed by atoms with van der Waals surface area (Å²) in [7, 11) is 0. The Morgan fingerprint density at radius 3 is 2.39 bits per heavy atom. The Kier molecular flexibility index (Phi) is 4.31. The van der Waals surface area contributed by atoms with Crippen molar-refractivity contribution in [2.24, 2.45) is 5.92 Å². The predicted molar refractivity (Wildman–Crippen MR) is 84.7 cm³/mol. The summed E-state index contributed by atoms with van der Waals surface area (Å²) in [5.74, 6) is 0.435. The van der Waals surface area contributed by atoms with Crippen LogP contribution in [-0.2, 0) is 9.59 Å². The monoisotopic (exact) mass is 322 g/mol. The minimum Gasteiger partial charge on any atom is -0.341 e. The van der Waals surface area contributed by atoms with Crippen molar-refractivity contribution in [3.8, 4) is 0 Å². The van der Waals surface area contributed by atoms with Crippen LogP contribution in [0.3, 0.4) is 0 Å². The van der Waals surface area contributed by atoms with Crippen molar-refractivity contribution in [3.63, 3.8) is 0 Å². The van der Waals surface area contributed by atoms with Crippen molar-refractivity contribution in [2.75, 3.05) is 26.2 Å². The lowest BCUT2D eigenvalue weighted by molar-refractivity contribution is -0.134. The van der Waals surface area contributed by atoms with Crippen molar-refractivity contribution >= 4 is 17.8 Å². The third-order valence-electron chi connectivity index (χ3n) is 5.23. The van der Waals surface area contributed by atoms with Gasteiger partial charge in [-0.3, -0.25) is 14.9 Å². The first-order chi connectivity index (χ1) is 10.9. The molecule has 3 fully saturated rings. The van der Waals surface area contributed by atoms with E-state index in [9.17, 15) is 14.4 Å². The lowest BCUT2D eigenvalue weighted by atomic mass is 10.0. The number of amides is 4. The smallest absolute Gasteiger partial charge is 0.325 e. The van der Waals surface area contributed by atoms with E-state index < -0.39 is 11.6 Å². The number of hydrogen-bond acceptors (Lipinski definition) is 4. The highest BCUT2D eigenvalue weighted by Gasteiger charge is 2.46. The number of urea groups is 1. The normalized spacial score (nSPS) is 25.0. The molecule has 3 rings (SSSR count). The molecule has 2 N–H and O–H groups in total. The van der Waals surface area contributed by atoms with Crippen molar-refractivity contribution in [2.45, 2.75) is 51.1 Å². The Hall–Kier alpha value is -1.63. The molecule has 0 unspecified atom stereocenters. The second-order valence-electron chi connectivity index (χ2n) is 7.41. The molecule has 3 aliphatic rings. The fraction of sp³-hybridized carbons (Fsp3) is 0.812. The number of imide groups is 1. The first-order valence-electron chi connectivity index (χ1n) is 8.52. The average molecular weight is 322 g/mol. The predicted octanol–water partition coefficient (Wildman–Crippen LogP) is 0.307. The van der Waals surface area contributed by atoms with Gasteiger partial charge in [0, 0.05) is 19.1 Å². The maximum atomic E-state index is 12.4. The van der Waals surface area contributed by atoms with Crippen LogP contribution in [0.4, 0.5) is 4.79 Å². The number of rotatable bonds is 5. The van der Waals surface area contributed by atoms with Crippen LogP contribution in [-0.4, -0.2) is 65.4 Å². The summed E-state index contributed by atoms with van der Waals surface area (Å²) in [5.41, 5.74) is -0.961. The Labute approximate surface area is 136 Å². The van der Waals surface area contributed by atoms with Crippen LogP contribution in [0.15, 0.2) is 0 Å². The van der Waals surface area contributed by atoms with Gasteiger partial charge in [0.15, 0.2) is 0 Å². The third kappa shape index (κ3) is 3.49. The molecule has 2 aliphatic heterocycles. The maximum Gasteiger partial charge on any atom is 0.325 e. The van der Waals surface area contributed by atoms with Gasteiger partial charge in [0.1, 0.15) is 12.1 Å². The Morgan fingerprint density at radius 1 is 1.22 bits per heavy atom. The standard InChI is InChI=1S/C16H26N4O3/c1-16(2)14(22)18-15(23)20(16)10-13(21)19-7-5-12(6-8-19)17-9-11-3-4-11/h11-12,17H,3-10H2,1-2H3,(H,18,22,23). The SMILES string of the molecule is CC1(C)C(=O)NC(=O)N1CC(=O)N1CCC(NCC2CC2)CC1. The topological polar surface area (TPSA) is 81.8 Å². The zero-order chi connectivity index (χ0) is 16.6. The number of nitrogens with one attached hydrogen (secondary N) is 2. The summed E-state index contributed by atoms with van der Waals surface area (Å²) < 4.78 is 0. The lowest BCUT2D eigenvalue weighted by Gasteiger charge is -2.35. The summed E-state index contributed by atoms with van der Waals surface area (Å²) in [6.45, 7) is 5.81. The van der Waals surface area contributed by atoms with Crippen molar-refractivity contribution in [1.29, 1.82) is 0 Å². The lowest BCUT2D eigenvalue weighted by Crippen LogP contribution is -2.52. The zero-order valence-electron chi connectivity index (χ0n) is 13.9. The molecule has 128 valence electrons. The second kappa shape index (κ2) is 6.11. The van der Waals surface area contributed by atoms with E-state index in [0.29, 0.717) is 19.1 Å². The molecule has 1 aliphatic carbocycles. The number of likely N-dealkylation sites (tertiary alicyclic amines) is 1. The average Bonchev–Trinajstić information content (AvgIpc) is 3.31. The molecular formula is C16H26N4O3. The number of piperidine rings is 1. The van der Waals surface area contributed by atoms with Gasteiger partial charge in [-0.1, -0.05) is 0 Å². The third-order valence-corrected chi connectivity index (χ3v) is 5.23. The molecule has 2 saturated heterocycles. The van der Waals surface area contributed by atoms with Gasteiger partial charge in [0.25, 0.3) is 5.91 Å². The van der Waals surface area contributed by atoms with Gasteiger partial charge in [0.05, 0.1) is 0 Å². The van der Waals surface area contributed by atoms with Gasteiger partial charge in [-0.15, -0.1) is 0 Å². The number of nitrogens with zero attached hydrogens (tertiary/aromatic N) is 2. The first-order valence-corrected chi connectivity index (χ1v) is 8.52. The molecule has 0 aromatic heterocycles.